The summed E-state index contributed by atoms with van der Waals surface area (Å²) in [6, 6.07) is 33.2. The molecule has 276 valence electrons. The molecule has 1 aliphatic rings. The number of ether oxygens (including phenoxy) is 2. The van der Waals surface area contributed by atoms with E-state index < -0.39 is 35.6 Å². The van der Waals surface area contributed by atoms with E-state index in [0.717, 1.165) is 29.2 Å². The van der Waals surface area contributed by atoms with Gasteiger partial charge in [-0.3, -0.25) is 15.0 Å². The molecule has 1 heterocycles. The fourth-order valence-corrected chi connectivity index (χ4v) is 5.72. The third kappa shape index (κ3) is 10.0. The van der Waals surface area contributed by atoms with Crippen LogP contribution in [0.1, 0.15) is 72.7 Å². The molecule has 1 atom stereocenters. The number of carbonyl (C=O) groups is 2. The van der Waals surface area contributed by atoms with Crippen molar-refractivity contribution < 1.29 is 32.2 Å². The summed E-state index contributed by atoms with van der Waals surface area (Å²) in [4.78, 5) is 28.7. The topological polar surface area (TPSA) is 97.7 Å². The summed E-state index contributed by atoms with van der Waals surface area (Å²) in [5.74, 6) is 0.286. The average Bonchev–Trinajstić information content (AvgIpc) is 3.85. The van der Waals surface area contributed by atoms with Gasteiger partial charge in [0.1, 0.15) is 29.8 Å². The smallest absolute Gasteiger partial charge is 0.435 e. The van der Waals surface area contributed by atoms with E-state index in [1.165, 1.54) is 4.90 Å². The molecule has 12 heteroatoms. The molecule has 1 unspecified atom stereocenters. The minimum atomic E-state index is -4.83. The van der Waals surface area contributed by atoms with Crippen LogP contribution in [0.3, 0.4) is 0 Å². The van der Waals surface area contributed by atoms with Gasteiger partial charge in [-0.25, -0.2) is 9.48 Å². The van der Waals surface area contributed by atoms with Gasteiger partial charge in [-0.1, -0.05) is 72.8 Å². The van der Waals surface area contributed by atoms with Crippen LogP contribution in [0.15, 0.2) is 115 Å². The van der Waals surface area contributed by atoms with Gasteiger partial charge in [0.2, 0.25) is 0 Å². The molecule has 2 N–H and O–H groups in total. The highest BCUT2D eigenvalue weighted by atomic mass is 19.4. The molecule has 1 aromatic heterocycles. The molecule has 0 saturated heterocycles. The number of rotatable bonds is 13. The summed E-state index contributed by atoms with van der Waals surface area (Å²) in [5, 5.41) is 10.1. The van der Waals surface area contributed by atoms with Gasteiger partial charge in [0.05, 0.1) is 5.69 Å². The van der Waals surface area contributed by atoms with Crippen LogP contribution < -0.4 is 20.3 Å². The van der Waals surface area contributed by atoms with E-state index in [0.29, 0.717) is 41.6 Å². The molecule has 0 radical (unpaired) electrons. The number of para-hydroxylation sites is 1. The zero-order valence-corrected chi connectivity index (χ0v) is 29.8. The van der Waals surface area contributed by atoms with Crippen molar-refractivity contribution in [1.29, 1.82) is 0 Å². The highest BCUT2D eigenvalue weighted by Gasteiger charge is 2.38. The second kappa shape index (κ2) is 16.0. The number of alkyl carbamates (subject to hydrolysis) is 1. The van der Waals surface area contributed by atoms with Gasteiger partial charge in [-0.2, -0.15) is 18.3 Å². The Morgan fingerprint density at radius 1 is 0.868 bits per heavy atom. The van der Waals surface area contributed by atoms with Gasteiger partial charge in [-0.05, 0) is 92.6 Å². The fraction of sp³-hybridized carbons (Fsp3) is 0.293. The van der Waals surface area contributed by atoms with Crippen molar-refractivity contribution in [2.24, 2.45) is 5.92 Å². The molecular weight excluding hydrogens is 683 g/mol. The summed E-state index contributed by atoms with van der Waals surface area (Å²) in [6.45, 7) is 6.17. The number of nitrogens with zero attached hydrogens (tertiary/aromatic N) is 3. The number of benzene rings is 4. The van der Waals surface area contributed by atoms with Crippen LogP contribution >= 0.6 is 0 Å². The zero-order chi connectivity index (χ0) is 37.6. The Labute approximate surface area is 306 Å². The zero-order valence-electron chi connectivity index (χ0n) is 29.8. The molecule has 1 fully saturated rings. The predicted octanol–water partition coefficient (Wildman–Crippen LogP) is 8.84. The van der Waals surface area contributed by atoms with E-state index in [1.54, 1.807) is 75.4 Å². The Kier molecular flexibility index (Phi) is 11.2. The van der Waals surface area contributed by atoms with E-state index >= 15 is 0 Å². The van der Waals surface area contributed by atoms with E-state index in [9.17, 15) is 22.8 Å². The van der Waals surface area contributed by atoms with Crippen molar-refractivity contribution in [2.75, 3.05) is 11.4 Å². The highest BCUT2D eigenvalue weighted by molar-refractivity contribution is 6.06. The maximum absolute atomic E-state index is 14.9. The van der Waals surface area contributed by atoms with Gasteiger partial charge in [-0.15, -0.1) is 0 Å². The highest BCUT2D eigenvalue weighted by Crippen LogP contribution is 2.35. The van der Waals surface area contributed by atoms with Gasteiger partial charge >= 0.3 is 12.3 Å². The Morgan fingerprint density at radius 3 is 2.23 bits per heavy atom. The average molecular weight is 726 g/mol. The molecule has 4 aromatic carbocycles. The number of amides is 2. The molecule has 1 aliphatic carbocycles. The minimum Gasteiger partial charge on any atom is -0.489 e. The summed E-state index contributed by atoms with van der Waals surface area (Å²) in [5.41, 5.74) is 0.686. The van der Waals surface area contributed by atoms with Crippen LogP contribution in [-0.2, 0) is 24.1 Å². The largest absolute Gasteiger partial charge is 0.489 e. The SMILES string of the molecule is CC(C)(C)OC(=O)NCc1cccc(-n2nc(C(F)(F)F)cc2C(=O)N(c2ccccc2)C(NCC2CC2)c2cccc(OCc3ccccc3)c2)c1. The van der Waals surface area contributed by atoms with E-state index in [4.69, 9.17) is 9.47 Å². The number of anilines is 1. The monoisotopic (exact) mass is 725 g/mol. The molecule has 0 bridgehead atoms. The number of halogens is 3. The van der Waals surface area contributed by atoms with Crippen LogP contribution in [-0.4, -0.2) is 33.9 Å². The maximum Gasteiger partial charge on any atom is 0.435 e. The van der Waals surface area contributed by atoms with Crippen molar-refractivity contribution in [1.82, 2.24) is 20.4 Å². The van der Waals surface area contributed by atoms with Crippen molar-refractivity contribution >= 4 is 17.7 Å². The second-order valence-corrected chi connectivity index (χ2v) is 14.0. The summed E-state index contributed by atoms with van der Waals surface area (Å²) >= 11 is 0. The molecule has 53 heavy (non-hydrogen) atoms. The Balaban J connectivity index is 1.38. The molecule has 5 aromatic rings. The minimum absolute atomic E-state index is 0.0331. The molecular formula is C41H42F3N5O4. The number of aromatic nitrogens is 2. The molecule has 0 aliphatic heterocycles. The molecule has 1 saturated carbocycles. The fourth-order valence-electron chi connectivity index (χ4n) is 5.72. The quantitative estimate of drug-likeness (QED) is 0.118. The van der Waals surface area contributed by atoms with Crippen molar-refractivity contribution in [3.8, 4) is 11.4 Å². The van der Waals surface area contributed by atoms with Gasteiger partial charge in [0.25, 0.3) is 5.91 Å². The molecule has 0 spiro atoms. The first kappa shape index (κ1) is 37.1. The van der Waals surface area contributed by atoms with Crippen LogP contribution in [0.25, 0.3) is 5.69 Å². The summed E-state index contributed by atoms with van der Waals surface area (Å²) in [7, 11) is 0. The number of nitrogens with one attached hydrogen (secondary N) is 2. The number of hydrogen-bond acceptors (Lipinski definition) is 6. The normalized spacial score (nSPS) is 13.6. The van der Waals surface area contributed by atoms with Crippen molar-refractivity contribution in [3.63, 3.8) is 0 Å². The Hall–Kier alpha value is -5.62. The maximum atomic E-state index is 14.9. The lowest BCUT2D eigenvalue weighted by molar-refractivity contribution is -0.141. The number of carbonyl (C=O) groups excluding carboxylic acids is 2. The molecule has 2 amide bonds. The van der Waals surface area contributed by atoms with Crippen LogP contribution in [0.5, 0.6) is 5.75 Å². The van der Waals surface area contributed by atoms with Gasteiger partial charge in [0.15, 0.2) is 5.69 Å². The van der Waals surface area contributed by atoms with E-state index in [1.807, 2.05) is 54.6 Å². The predicted molar refractivity (Wildman–Crippen MR) is 196 cm³/mol. The summed E-state index contributed by atoms with van der Waals surface area (Å²) in [6.07, 6.45) is -4.18. The van der Waals surface area contributed by atoms with Crippen molar-refractivity contribution in [3.05, 3.63) is 143 Å². The van der Waals surface area contributed by atoms with Crippen LogP contribution in [0, 0.1) is 5.92 Å². The van der Waals surface area contributed by atoms with Crippen LogP contribution in [0.4, 0.5) is 23.7 Å². The first-order chi connectivity index (χ1) is 25.3. The van der Waals surface area contributed by atoms with E-state index in [-0.39, 0.29) is 17.9 Å². The van der Waals surface area contributed by atoms with E-state index in [2.05, 4.69) is 15.7 Å². The lowest BCUT2D eigenvalue weighted by Gasteiger charge is -2.33. The Morgan fingerprint density at radius 2 is 1.55 bits per heavy atom. The Bertz CT molecular complexity index is 2010. The molecule has 9 nitrogen and oxygen atoms in total. The van der Waals surface area contributed by atoms with Crippen LogP contribution in [0.2, 0.25) is 0 Å². The lowest BCUT2D eigenvalue weighted by Crippen LogP contribution is -2.44. The second-order valence-electron chi connectivity index (χ2n) is 14.0. The first-order valence-corrected chi connectivity index (χ1v) is 17.5. The molecule has 6 rings (SSSR count). The number of hydrogen-bond donors (Lipinski definition) is 2. The summed E-state index contributed by atoms with van der Waals surface area (Å²) < 4.78 is 55.4. The van der Waals surface area contributed by atoms with Gasteiger partial charge in [0, 0.05) is 24.8 Å². The third-order valence-electron chi connectivity index (χ3n) is 8.44. The standard InChI is InChI=1S/C41H42F3N5O4/c1-40(2,3)53-39(51)46-26-30-14-10-18-33(22-30)49-35(24-36(47-49)41(42,43)44)38(50)48(32-16-8-5-9-17-32)37(45-25-28-20-21-28)31-15-11-19-34(23-31)52-27-29-12-6-4-7-13-29/h4-19,22-24,28,37,45H,20-21,25-27H2,1-3H3,(H,46,51). The number of alkyl halides is 3. The first-order valence-electron chi connectivity index (χ1n) is 17.5. The third-order valence-corrected chi connectivity index (χ3v) is 8.44. The van der Waals surface area contributed by atoms with Gasteiger partial charge < -0.3 is 14.8 Å². The lowest BCUT2D eigenvalue weighted by atomic mass is 10.1. The van der Waals surface area contributed by atoms with Crippen molar-refractivity contribution in [2.45, 2.75) is 64.7 Å².